The first-order valence-corrected chi connectivity index (χ1v) is 9.28. The Morgan fingerprint density at radius 2 is 1.57 bits per heavy atom. The van der Waals surface area contributed by atoms with E-state index in [-0.39, 0.29) is 5.54 Å². The lowest BCUT2D eigenvalue weighted by molar-refractivity contribution is 0.00632. The van der Waals surface area contributed by atoms with E-state index >= 15 is 0 Å². The number of nitrogens with two attached hydrogens (primary N) is 1. The average molecular weight is 293 g/mol. The van der Waals surface area contributed by atoms with Gasteiger partial charge in [0.05, 0.1) is 0 Å². The van der Waals surface area contributed by atoms with Gasteiger partial charge in [-0.15, -0.1) is 0 Å². The minimum atomic E-state index is 0.278. The molecule has 2 aliphatic heterocycles. The normalized spacial score (nSPS) is 34.9. The fraction of sp³-hybridized carbons (Fsp3) is 1.00. The van der Waals surface area contributed by atoms with E-state index in [1.807, 2.05) is 0 Å². The van der Waals surface area contributed by atoms with Gasteiger partial charge in [0, 0.05) is 31.2 Å². The summed E-state index contributed by atoms with van der Waals surface area (Å²) >= 11 is 0. The predicted molar refractivity (Wildman–Crippen MR) is 89.4 cm³/mol. The molecule has 3 heteroatoms. The van der Waals surface area contributed by atoms with Gasteiger partial charge in [-0.1, -0.05) is 19.3 Å². The van der Waals surface area contributed by atoms with Gasteiger partial charge in [0.25, 0.3) is 0 Å². The van der Waals surface area contributed by atoms with Crippen molar-refractivity contribution in [1.82, 2.24) is 9.80 Å². The maximum atomic E-state index is 6.26. The van der Waals surface area contributed by atoms with Gasteiger partial charge in [-0.3, -0.25) is 9.80 Å². The molecule has 0 aromatic rings. The molecule has 1 spiro atoms. The monoisotopic (exact) mass is 293 g/mol. The lowest BCUT2D eigenvalue weighted by atomic mass is 9.67. The Labute approximate surface area is 131 Å². The van der Waals surface area contributed by atoms with Gasteiger partial charge in [-0.25, -0.2) is 0 Å². The van der Waals surface area contributed by atoms with Crippen LogP contribution in [0.15, 0.2) is 0 Å². The standard InChI is InChI=1S/C18H35N3/c1-16(2)20-11-10-18(14-19,15-20)21-12-8-17(9-13-21)6-4-3-5-7-17/h16H,3-15,19H2,1-2H3. The Morgan fingerprint density at radius 3 is 2.10 bits per heavy atom. The number of likely N-dealkylation sites (tertiary alicyclic amines) is 2. The van der Waals surface area contributed by atoms with Crippen LogP contribution in [0.1, 0.15) is 65.2 Å². The second kappa shape index (κ2) is 6.17. The van der Waals surface area contributed by atoms with Crippen molar-refractivity contribution in [3.8, 4) is 0 Å². The molecule has 1 aliphatic carbocycles. The summed E-state index contributed by atoms with van der Waals surface area (Å²) in [6.07, 6.45) is 11.5. The second-order valence-corrected chi connectivity index (χ2v) is 8.29. The van der Waals surface area contributed by atoms with E-state index in [2.05, 4.69) is 23.6 Å². The number of nitrogens with zero attached hydrogens (tertiary/aromatic N) is 2. The van der Waals surface area contributed by atoms with Crippen LogP contribution in [-0.4, -0.2) is 54.1 Å². The first kappa shape index (κ1) is 15.8. The van der Waals surface area contributed by atoms with Crippen LogP contribution in [0.3, 0.4) is 0 Å². The summed E-state index contributed by atoms with van der Waals surface area (Å²) in [6.45, 7) is 10.5. The van der Waals surface area contributed by atoms with E-state index in [1.165, 1.54) is 77.5 Å². The molecule has 3 fully saturated rings. The average Bonchev–Trinajstić information content (AvgIpc) is 2.95. The maximum Gasteiger partial charge on any atom is 0.0470 e. The first-order chi connectivity index (χ1) is 10.1. The van der Waals surface area contributed by atoms with E-state index in [1.54, 1.807) is 0 Å². The molecule has 0 aromatic carbocycles. The molecular weight excluding hydrogens is 258 g/mol. The number of rotatable bonds is 3. The highest BCUT2D eigenvalue weighted by atomic mass is 15.3. The molecular formula is C18H35N3. The fourth-order valence-corrected chi connectivity index (χ4v) is 5.14. The van der Waals surface area contributed by atoms with Crippen molar-refractivity contribution in [2.45, 2.75) is 76.8 Å². The van der Waals surface area contributed by atoms with Crippen LogP contribution in [-0.2, 0) is 0 Å². The van der Waals surface area contributed by atoms with Gasteiger partial charge in [-0.05, 0) is 64.5 Å². The molecule has 3 aliphatic rings. The van der Waals surface area contributed by atoms with Gasteiger partial charge < -0.3 is 5.73 Å². The van der Waals surface area contributed by atoms with E-state index < -0.39 is 0 Å². The Hall–Kier alpha value is -0.120. The van der Waals surface area contributed by atoms with Crippen LogP contribution in [0.25, 0.3) is 0 Å². The molecule has 1 unspecified atom stereocenters. The summed E-state index contributed by atoms with van der Waals surface area (Å²) < 4.78 is 0. The summed E-state index contributed by atoms with van der Waals surface area (Å²) in [5.74, 6) is 0. The van der Waals surface area contributed by atoms with Crippen molar-refractivity contribution in [3.05, 3.63) is 0 Å². The molecule has 2 N–H and O–H groups in total. The SMILES string of the molecule is CC(C)N1CCC(CN)(N2CCC3(CCCCC3)CC2)C1. The van der Waals surface area contributed by atoms with Crippen LogP contribution in [0.5, 0.6) is 0 Å². The van der Waals surface area contributed by atoms with E-state index in [0.29, 0.717) is 11.5 Å². The molecule has 0 radical (unpaired) electrons. The fourth-order valence-electron chi connectivity index (χ4n) is 5.14. The molecule has 2 saturated heterocycles. The Balaban J connectivity index is 1.62. The van der Waals surface area contributed by atoms with Crippen molar-refractivity contribution in [1.29, 1.82) is 0 Å². The molecule has 0 amide bonds. The third-order valence-electron chi connectivity index (χ3n) is 6.88. The number of hydrogen-bond donors (Lipinski definition) is 1. The van der Waals surface area contributed by atoms with Gasteiger partial charge in [-0.2, -0.15) is 0 Å². The third kappa shape index (κ3) is 3.02. The predicted octanol–water partition coefficient (Wildman–Crippen LogP) is 2.84. The molecule has 122 valence electrons. The minimum Gasteiger partial charge on any atom is -0.329 e. The molecule has 1 atom stereocenters. The van der Waals surface area contributed by atoms with Crippen LogP contribution in [0, 0.1) is 5.41 Å². The van der Waals surface area contributed by atoms with Crippen molar-refractivity contribution in [3.63, 3.8) is 0 Å². The topological polar surface area (TPSA) is 32.5 Å². The number of hydrogen-bond acceptors (Lipinski definition) is 3. The van der Waals surface area contributed by atoms with Crippen LogP contribution >= 0.6 is 0 Å². The van der Waals surface area contributed by atoms with Gasteiger partial charge in [0.2, 0.25) is 0 Å². The summed E-state index contributed by atoms with van der Waals surface area (Å²) in [5, 5.41) is 0. The zero-order chi connectivity index (χ0) is 14.9. The highest BCUT2D eigenvalue weighted by Crippen LogP contribution is 2.46. The summed E-state index contributed by atoms with van der Waals surface area (Å²) in [5.41, 5.74) is 7.25. The Kier molecular flexibility index (Phi) is 4.63. The Morgan fingerprint density at radius 1 is 0.905 bits per heavy atom. The van der Waals surface area contributed by atoms with E-state index in [0.717, 1.165) is 6.54 Å². The molecule has 0 aromatic heterocycles. The second-order valence-electron chi connectivity index (χ2n) is 8.29. The van der Waals surface area contributed by atoms with E-state index in [9.17, 15) is 0 Å². The van der Waals surface area contributed by atoms with Crippen LogP contribution in [0.4, 0.5) is 0 Å². The lowest BCUT2D eigenvalue weighted by Crippen LogP contribution is -2.59. The zero-order valence-corrected chi connectivity index (χ0v) is 14.2. The Bertz CT molecular complexity index is 338. The molecule has 3 nitrogen and oxygen atoms in total. The highest BCUT2D eigenvalue weighted by molar-refractivity contribution is 5.03. The van der Waals surface area contributed by atoms with Crippen LogP contribution in [0.2, 0.25) is 0 Å². The molecule has 2 heterocycles. The molecule has 21 heavy (non-hydrogen) atoms. The summed E-state index contributed by atoms with van der Waals surface area (Å²) in [6, 6.07) is 0.660. The minimum absolute atomic E-state index is 0.278. The quantitative estimate of drug-likeness (QED) is 0.868. The summed E-state index contributed by atoms with van der Waals surface area (Å²) in [7, 11) is 0. The van der Waals surface area contributed by atoms with Crippen molar-refractivity contribution >= 4 is 0 Å². The van der Waals surface area contributed by atoms with Crippen LogP contribution < -0.4 is 5.73 Å². The third-order valence-corrected chi connectivity index (χ3v) is 6.88. The molecule has 0 bridgehead atoms. The maximum absolute atomic E-state index is 6.26. The molecule has 1 saturated carbocycles. The largest absolute Gasteiger partial charge is 0.329 e. The smallest absolute Gasteiger partial charge is 0.0470 e. The van der Waals surface area contributed by atoms with Gasteiger partial charge in [0.15, 0.2) is 0 Å². The van der Waals surface area contributed by atoms with Gasteiger partial charge >= 0.3 is 0 Å². The van der Waals surface area contributed by atoms with Crippen molar-refractivity contribution < 1.29 is 0 Å². The first-order valence-electron chi connectivity index (χ1n) is 9.28. The van der Waals surface area contributed by atoms with Crippen molar-refractivity contribution in [2.24, 2.45) is 11.1 Å². The van der Waals surface area contributed by atoms with Gasteiger partial charge in [0.1, 0.15) is 0 Å². The summed E-state index contributed by atoms with van der Waals surface area (Å²) in [4.78, 5) is 5.40. The van der Waals surface area contributed by atoms with Crippen molar-refractivity contribution in [2.75, 3.05) is 32.7 Å². The highest BCUT2D eigenvalue weighted by Gasteiger charge is 2.46. The van der Waals surface area contributed by atoms with E-state index in [4.69, 9.17) is 5.73 Å². The number of piperidine rings is 1. The lowest BCUT2D eigenvalue weighted by Gasteiger charge is -2.50. The zero-order valence-electron chi connectivity index (χ0n) is 14.2. The molecule has 3 rings (SSSR count).